The molecule has 0 aromatic heterocycles. The first-order valence-electron chi connectivity index (χ1n) is 16.5. The molecule has 0 saturated carbocycles. The van der Waals surface area contributed by atoms with Crippen molar-refractivity contribution in [1.82, 2.24) is 4.90 Å². The van der Waals surface area contributed by atoms with Crippen LogP contribution in [0.1, 0.15) is 91.4 Å². The Labute approximate surface area is 263 Å². The molecule has 0 spiro atoms. The van der Waals surface area contributed by atoms with Crippen molar-refractivity contribution in [1.29, 1.82) is 0 Å². The minimum atomic E-state index is -3.02. The zero-order valence-corrected chi connectivity index (χ0v) is 29.6. The van der Waals surface area contributed by atoms with Crippen molar-refractivity contribution in [3.8, 4) is 0 Å². The largest absolute Gasteiger partial charge is 0.501 e. The molecule has 0 unspecified atom stereocenters. The predicted octanol–water partition coefficient (Wildman–Crippen LogP) is 6.21. The van der Waals surface area contributed by atoms with Gasteiger partial charge in [-0.05, 0) is 39.8 Å². The highest BCUT2D eigenvalue weighted by Gasteiger charge is 2.41. The van der Waals surface area contributed by atoms with Gasteiger partial charge in [-0.25, -0.2) is 0 Å². The van der Waals surface area contributed by atoms with Crippen LogP contribution in [-0.4, -0.2) is 118 Å². The summed E-state index contributed by atoms with van der Waals surface area (Å²) in [4.78, 5) is 14.5. The maximum Gasteiger partial charge on any atom is 0.501 e. The second-order valence-electron chi connectivity index (χ2n) is 10.7. The number of likely N-dealkylation sites (N-methyl/N-ethyl adjacent to an activating group) is 1. The Kier molecular flexibility index (Phi) is 32.3. The molecule has 0 aromatic rings. The lowest BCUT2D eigenvalue weighted by Crippen LogP contribution is -2.48. The number of rotatable bonds is 34. The zero-order valence-electron chi connectivity index (χ0n) is 27.8. The fourth-order valence-electron chi connectivity index (χ4n) is 3.79. The zero-order chi connectivity index (χ0) is 31.0. The Hall–Kier alpha value is -0.0831. The molecule has 0 bridgehead atoms. The van der Waals surface area contributed by atoms with Crippen molar-refractivity contribution in [3.63, 3.8) is 0 Å². The van der Waals surface area contributed by atoms with Gasteiger partial charge in [0.1, 0.15) is 0 Å². The molecule has 0 atom stereocenters. The third-order valence-electron chi connectivity index (χ3n) is 6.36. The van der Waals surface area contributed by atoms with Gasteiger partial charge >= 0.3 is 8.80 Å². The topological polar surface area (TPSA) is 84.9 Å². The highest BCUT2D eigenvalue weighted by molar-refractivity contribution is 8.13. The van der Waals surface area contributed by atoms with E-state index < -0.39 is 8.80 Å². The molecule has 9 nitrogen and oxygen atoms in total. The molecule has 0 aliphatic heterocycles. The van der Waals surface area contributed by atoms with Crippen LogP contribution in [-0.2, 0) is 37.0 Å². The fraction of sp³-hybridized carbons (Fsp3) is 0.968. The number of nitrogens with zero attached hydrogens (tertiary/aromatic N) is 1. The standard InChI is InChI=1S/C31H65NO8SSi/c1-6-9-12-13-14-16-31(33)41-29-15-30-42(38-20-17-32(4)5,39-27-25-36-23-21-34-18-10-7-2)40-28-26-37-24-22-35-19-11-8-3/h6-30H2,1-5H3. The summed E-state index contributed by atoms with van der Waals surface area (Å²) in [5.74, 6) is 0.740. The van der Waals surface area contributed by atoms with Crippen molar-refractivity contribution < 1.29 is 37.0 Å². The predicted molar refractivity (Wildman–Crippen MR) is 176 cm³/mol. The van der Waals surface area contributed by atoms with Gasteiger partial charge in [0.2, 0.25) is 0 Å². The van der Waals surface area contributed by atoms with Gasteiger partial charge in [0.25, 0.3) is 0 Å². The summed E-state index contributed by atoms with van der Waals surface area (Å²) < 4.78 is 41.8. The molecule has 0 heterocycles. The van der Waals surface area contributed by atoms with E-state index in [0.717, 1.165) is 70.5 Å². The molecule has 0 aliphatic rings. The van der Waals surface area contributed by atoms with Crippen molar-refractivity contribution in [2.24, 2.45) is 0 Å². The van der Waals surface area contributed by atoms with E-state index in [0.29, 0.717) is 71.9 Å². The lowest BCUT2D eigenvalue weighted by molar-refractivity contribution is -0.111. The molecule has 0 aliphatic carbocycles. The number of hydrogen-bond acceptors (Lipinski definition) is 10. The van der Waals surface area contributed by atoms with Crippen LogP contribution >= 0.6 is 11.8 Å². The first-order valence-corrected chi connectivity index (χ1v) is 19.4. The number of ether oxygens (including phenoxy) is 4. The van der Waals surface area contributed by atoms with Gasteiger partial charge in [0.05, 0.1) is 59.5 Å². The SMILES string of the molecule is CCCCCCCC(=O)SCCC[Si](OCCOCCOCCCC)(OCCOCCOCCCC)OCCN(C)C. The summed E-state index contributed by atoms with van der Waals surface area (Å²) in [6.07, 6.45) is 11.6. The first kappa shape index (κ1) is 41.9. The molecule has 0 aromatic carbocycles. The molecule has 0 N–H and O–H groups in total. The van der Waals surface area contributed by atoms with Gasteiger partial charge in [-0.15, -0.1) is 0 Å². The van der Waals surface area contributed by atoms with E-state index in [1.807, 2.05) is 14.1 Å². The number of carbonyl (C=O) groups is 1. The smallest absolute Gasteiger partial charge is 0.379 e. The van der Waals surface area contributed by atoms with Crippen LogP contribution in [0, 0.1) is 0 Å². The number of unbranched alkanes of at least 4 members (excludes halogenated alkanes) is 6. The average Bonchev–Trinajstić information content (AvgIpc) is 2.97. The van der Waals surface area contributed by atoms with Gasteiger partial charge in [0.15, 0.2) is 5.12 Å². The van der Waals surface area contributed by atoms with Crippen LogP contribution in [0.5, 0.6) is 0 Å². The van der Waals surface area contributed by atoms with Crippen molar-refractivity contribution in [3.05, 3.63) is 0 Å². The van der Waals surface area contributed by atoms with Gasteiger partial charge in [-0.2, -0.15) is 0 Å². The van der Waals surface area contributed by atoms with E-state index in [1.165, 1.54) is 31.0 Å². The Bertz CT molecular complexity index is 555. The minimum Gasteiger partial charge on any atom is -0.379 e. The molecule has 42 heavy (non-hydrogen) atoms. The van der Waals surface area contributed by atoms with E-state index in [4.69, 9.17) is 32.2 Å². The Balaban J connectivity index is 4.81. The molecule has 0 rings (SSSR count). The van der Waals surface area contributed by atoms with Crippen molar-refractivity contribution in [2.45, 2.75) is 97.4 Å². The molecule has 11 heteroatoms. The third-order valence-corrected chi connectivity index (χ3v) is 10.3. The maximum absolute atomic E-state index is 12.4. The van der Waals surface area contributed by atoms with Crippen molar-refractivity contribution in [2.75, 3.05) is 99.1 Å². The summed E-state index contributed by atoms with van der Waals surface area (Å²) in [7, 11) is 1.02. The van der Waals surface area contributed by atoms with Crippen LogP contribution in [0.15, 0.2) is 0 Å². The summed E-state index contributed by atoms with van der Waals surface area (Å²) in [5.41, 5.74) is 0. The molecular weight excluding hydrogens is 574 g/mol. The minimum absolute atomic E-state index is 0.276. The Morgan fingerprint density at radius 3 is 1.57 bits per heavy atom. The summed E-state index contributed by atoms with van der Waals surface area (Å²) in [6.45, 7) is 13.2. The van der Waals surface area contributed by atoms with Crippen molar-refractivity contribution >= 4 is 25.7 Å². The highest BCUT2D eigenvalue weighted by Crippen LogP contribution is 2.21. The summed E-state index contributed by atoms with van der Waals surface area (Å²) >= 11 is 1.43. The molecule has 252 valence electrons. The van der Waals surface area contributed by atoms with E-state index in [9.17, 15) is 4.79 Å². The van der Waals surface area contributed by atoms with Crippen LogP contribution in [0.25, 0.3) is 0 Å². The molecule has 0 fully saturated rings. The van der Waals surface area contributed by atoms with Crippen LogP contribution in [0.3, 0.4) is 0 Å². The lowest BCUT2D eigenvalue weighted by atomic mass is 10.1. The van der Waals surface area contributed by atoms with E-state index >= 15 is 0 Å². The van der Waals surface area contributed by atoms with Gasteiger partial charge < -0.3 is 37.1 Å². The van der Waals surface area contributed by atoms with Gasteiger partial charge in [0, 0.05) is 38.0 Å². The number of hydrogen-bond donors (Lipinski definition) is 0. The molecule has 0 saturated heterocycles. The van der Waals surface area contributed by atoms with Crippen LogP contribution in [0.4, 0.5) is 0 Å². The Morgan fingerprint density at radius 2 is 1.05 bits per heavy atom. The van der Waals surface area contributed by atoms with E-state index in [1.54, 1.807) is 0 Å². The first-order chi connectivity index (χ1) is 20.5. The fourth-order valence-corrected chi connectivity index (χ4v) is 7.34. The quantitative estimate of drug-likeness (QED) is 0.0598. The van der Waals surface area contributed by atoms with Gasteiger partial charge in [-0.3, -0.25) is 4.79 Å². The van der Waals surface area contributed by atoms with Gasteiger partial charge in [-0.1, -0.05) is 71.1 Å². The molecular formula is C31H65NO8SSi. The maximum atomic E-state index is 12.4. The average molecular weight is 640 g/mol. The second kappa shape index (κ2) is 32.3. The lowest BCUT2D eigenvalue weighted by Gasteiger charge is -2.30. The monoisotopic (exact) mass is 639 g/mol. The normalized spacial score (nSPS) is 12.0. The number of carbonyl (C=O) groups excluding carboxylic acids is 1. The van der Waals surface area contributed by atoms with Crippen LogP contribution in [0.2, 0.25) is 6.04 Å². The number of thioether (sulfide) groups is 1. The Morgan fingerprint density at radius 1 is 0.571 bits per heavy atom. The van der Waals surface area contributed by atoms with E-state index in [-0.39, 0.29) is 5.12 Å². The molecule has 0 radical (unpaired) electrons. The summed E-state index contributed by atoms with van der Waals surface area (Å²) in [6, 6.07) is 0.650. The molecule has 0 amide bonds. The van der Waals surface area contributed by atoms with Crippen LogP contribution < -0.4 is 0 Å². The van der Waals surface area contributed by atoms with E-state index in [2.05, 4.69) is 25.7 Å². The second-order valence-corrected chi connectivity index (χ2v) is 14.6. The third kappa shape index (κ3) is 28.7. The summed E-state index contributed by atoms with van der Waals surface area (Å²) in [5, 5.41) is 0.276. The highest BCUT2D eigenvalue weighted by atomic mass is 32.2.